The topological polar surface area (TPSA) is 105 Å². The van der Waals surface area contributed by atoms with Gasteiger partial charge in [0.25, 0.3) is 10.0 Å². The Morgan fingerprint density at radius 3 is 2.63 bits per heavy atom. The Morgan fingerprint density at radius 2 is 1.87 bits per heavy atom. The third-order valence-corrected chi connectivity index (χ3v) is 5.67. The molecule has 11 heteroatoms. The van der Waals surface area contributed by atoms with Crippen LogP contribution >= 0.6 is 0 Å². The molecule has 0 fully saturated rings. The Balaban J connectivity index is 1.72. The predicted molar refractivity (Wildman–Crippen MR) is 101 cm³/mol. The second-order valence-electron chi connectivity index (χ2n) is 6.16. The summed E-state index contributed by atoms with van der Waals surface area (Å²) in [7, 11) is -4.58. The van der Waals surface area contributed by atoms with Crippen LogP contribution in [0.25, 0.3) is 11.0 Å². The second-order valence-corrected chi connectivity index (χ2v) is 7.81. The first-order valence-electron chi connectivity index (χ1n) is 8.36. The number of benzene rings is 2. The van der Waals surface area contributed by atoms with Crippen molar-refractivity contribution in [2.75, 3.05) is 4.72 Å². The Bertz CT molecular complexity index is 1400. The Labute approximate surface area is 167 Å². The lowest BCUT2D eigenvalue weighted by Gasteiger charge is -2.11. The number of rotatable bonds is 5. The minimum atomic E-state index is -4.58. The number of nitrogens with zero attached hydrogens (tertiary/aromatic N) is 2. The minimum Gasteiger partial charge on any atom is -0.345 e. The molecule has 0 saturated carbocycles. The van der Waals surface area contributed by atoms with E-state index in [0.29, 0.717) is 23.2 Å². The molecule has 7 nitrogen and oxygen atoms in total. The number of fused-ring (bicyclic) bond motifs is 1. The maximum absolute atomic E-state index is 15.0. The highest BCUT2D eigenvalue weighted by molar-refractivity contribution is 7.92. The average molecular weight is 432 g/mol. The van der Waals surface area contributed by atoms with Gasteiger partial charge in [-0.05, 0) is 24.3 Å². The Morgan fingerprint density at radius 1 is 1.07 bits per heavy atom. The van der Waals surface area contributed by atoms with Crippen LogP contribution in [0.2, 0.25) is 0 Å². The van der Waals surface area contributed by atoms with E-state index in [1.807, 2.05) is 4.72 Å². The predicted octanol–water partition coefficient (Wildman–Crippen LogP) is 3.41. The first kappa shape index (κ1) is 19.6. The van der Waals surface area contributed by atoms with Gasteiger partial charge in [0.15, 0.2) is 11.6 Å². The van der Waals surface area contributed by atoms with Crippen LogP contribution in [-0.4, -0.2) is 29.2 Å². The van der Waals surface area contributed by atoms with Gasteiger partial charge in [-0.3, -0.25) is 9.52 Å². The van der Waals surface area contributed by atoms with Crippen molar-refractivity contribution in [2.24, 2.45) is 0 Å². The van der Waals surface area contributed by atoms with Crippen molar-refractivity contribution >= 4 is 32.5 Å². The standard InChI is InChI=1S/C19H11F3N4O3S/c20-10-4-5-16(14(21)6-10)30(28,29)26-15-3-1-2-11(17(15)22)18(27)12-8-24-19-13(12)7-23-9-25-19/h1-9,26H,(H,23,24,25). The van der Waals surface area contributed by atoms with Crippen molar-refractivity contribution in [2.45, 2.75) is 4.90 Å². The minimum absolute atomic E-state index is 0.0917. The number of aromatic nitrogens is 3. The number of halogens is 3. The van der Waals surface area contributed by atoms with Gasteiger partial charge in [-0.2, -0.15) is 0 Å². The number of sulfonamides is 1. The summed E-state index contributed by atoms with van der Waals surface area (Å²) >= 11 is 0. The molecule has 0 bridgehead atoms. The fourth-order valence-corrected chi connectivity index (χ4v) is 3.99. The number of nitrogens with one attached hydrogen (secondary N) is 2. The molecule has 152 valence electrons. The van der Waals surface area contributed by atoms with Crippen molar-refractivity contribution in [3.63, 3.8) is 0 Å². The molecule has 0 amide bonds. The van der Waals surface area contributed by atoms with E-state index in [1.165, 1.54) is 30.9 Å². The van der Waals surface area contributed by atoms with Crippen LogP contribution in [-0.2, 0) is 10.0 Å². The zero-order chi connectivity index (χ0) is 21.5. The maximum atomic E-state index is 15.0. The summed E-state index contributed by atoms with van der Waals surface area (Å²) < 4.78 is 68.6. The molecule has 2 aromatic carbocycles. The molecule has 2 heterocycles. The van der Waals surface area contributed by atoms with Gasteiger partial charge in [0.05, 0.1) is 16.8 Å². The SMILES string of the molecule is O=C(c1cccc(NS(=O)(=O)c2ccc(F)cc2F)c1F)c1c[nH]c2ncncc12. The van der Waals surface area contributed by atoms with Crippen molar-refractivity contribution in [1.82, 2.24) is 15.0 Å². The third kappa shape index (κ3) is 3.39. The average Bonchev–Trinajstić information content (AvgIpc) is 3.13. The van der Waals surface area contributed by atoms with Gasteiger partial charge in [-0.25, -0.2) is 31.6 Å². The Kier molecular flexibility index (Phi) is 4.74. The van der Waals surface area contributed by atoms with Crippen LogP contribution in [0.15, 0.2) is 60.0 Å². The molecule has 0 saturated heterocycles. The zero-order valence-electron chi connectivity index (χ0n) is 14.9. The van der Waals surface area contributed by atoms with Crippen LogP contribution in [0.3, 0.4) is 0 Å². The summed E-state index contributed by atoms with van der Waals surface area (Å²) in [6.45, 7) is 0. The first-order chi connectivity index (χ1) is 14.3. The number of aromatic amines is 1. The van der Waals surface area contributed by atoms with E-state index in [9.17, 15) is 26.4 Å². The summed E-state index contributed by atoms with van der Waals surface area (Å²) in [5.41, 5.74) is -0.522. The molecular weight excluding hydrogens is 421 g/mol. The number of H-pyrrole nitrogens is 1. The van der Waals surface area contributed by atoms with Crippen molar-refractivity contribution in [3.8, 4) is 0 Å². The molecular formula is C19H11F3N4O3S. The summed E-state index contributed by atoms with van der Waals surface area (Å²) in [5.74, 6) is -4.19. The second kappa shape index (κ2) is 7.26. The summed E-state index contributed by atoms with van der Waals surface area (Å²) in [6, 6.07) is 5.38. The smallest absolute Gasteiger partial charge is 0.264 e. The van der Waals surface area contributed by atoms with E-state index in [-0.39, 0.29) is 5.56 Å². The van der Waals surface area contributed by atoms with E-state index in [1.54, 1.807) is 0 Å². The van der Waals surface area contributed by atoms with E-state index >= 15 is 0 Å². The number of hydrogen-bond acceptors (Lipinski definition) is 5. The molecule has 0 atom stereocenters. The molecule has 0 unspecified atom stereocenters. The van der Waals surface area contributed by atoms with Gasteiger partial charge in [0.2, 0.25) is 0 Å². The van der Waals surface area contributed by atoms with Crippen LogP contribution in [0, 0.1) is 17.5 Å². The van der Waals surface area contributed by atoms with Crippen LogP contribution in [0.1, 0.15) is 15.9 Å². The molecule has 0 aliphatic rings. The van der Waals surface area contributed by atoms with Crippen molar-refractivity contribution in [3.05, 3.63) is 83.7 Å². The number of carbonyl (C=O) groups is 1. The van der Waals surface area contributed by atoms with Crippen LogP contribution < -0.4 is 4.72 Å². The molecule has 0 aliphatic carbocycles. The number of anilines is 1. The van der Waals surface area contributed by atoms with Gasteiger partial charge in [0, 0.05) is 23.8 Å². The highest BCUT2D eigenvalue weighted by Crippen LogP contribution is 2.26. The largest absolute Gasteiger partial charge is 0.345 e. The molecule has 4 rings (SSSR count). The highest BCUT2D eigenvalue weighted by atomic mass is 32.2. The van der Waals surface area contributed by atoms with Crippen LogP contribution in [0.4, 0.5) is 18.9 Å². The van der Waals surface area contributed by atoms with Gasteiger partial charge in [-0.15, -0.1) is 0 Å². The molecule has 30 heavy (non-hydrogen) atoms. The van der Waals surface area contributed by atoms with E-state index in [4.69, 9.17) is 0 Å². The maximum Gasteiger partial charge on any atom is 0.264 e. The number of hydrogen-bond donors (Lipinski definition) is 2. The van der Waals surface area contributed by atoms with Gasteiger partial charge >= 0.3 is 0 Å². The normalized spacial score (nSPS) is 11.6. The fraction of sp³-hybridized carbons (Fsp3) is 0. The molecule has 0 radical (unpaired) electrons. The zero-order valence-corrected chi connectivity index (χ0v) is 15.7. The summed E-state index contributed by atoms with van der Waals surface area (Å²) in [4.78, 5) is 22.5. The summed E-state index contributed by atoms with van der Waals surface area (Å²) in [5, 5.41) is 0.362. The van der Waals surface area contributed by atoms with E-state index in [2.05, 4.69) is 15.0 Å². The third-order valence-electron chi connectivity index (χ3n) is 4.27. The molecule has 2 aromatic heterocycles. The summed E-state index contributed by atoms with van der Waals surface area (Å²) in [6.07, 6.45) is 4.00. The van der Waals surface area contributed by atoms with Crippen molar-refractivity contribution < 1.29 is 26.4 Å². The fourth-order valence-electron chi connectivity index (χ4n) is 2.87. The van der Waals surface area contributed by atoms with Gasteiger partial charge in [0.1, 0.15) is 28.5 Å². The van der Waals surface area contributed by atoms with Gasteiger partial charge < -0.3 is 4.98 Å². The monoisotopic (exact) mass is 432 g/mol. The van der Waals surface area contributed by atoms with E-state index in [0.717, 1.165) is 12.1 Å². The van der Waals surface area contributed by atoms with Gasteiger partial charge in [-0.1, -0.05) is 6.07 Å². The first-order valence-corrected chi connectivity index (χ1v) is 9.84. The number of ketones is 1. The lowest BCUT2D eigenvalue weighted by Crippen LogP contribution is -2.17. The lowest BCUT2D eigenvalue weighted by atomic mass is 10.0. The molecule has 2 N–H and O–H groups in total. The van der Waals surface area contributed by atoms with Crippen LogP contribution in [0.5, 0.6) is 0 Å². The van der Waals surface area contributed by atoms with E-state index < -0.39 is 49.4 Å². The lowest BCUT2D eigenvalue weighted by molar-refractivity contribution is 0.103. The molecule has 4 aromatic rings. The number of carbonyl (C=O) groups excluding carboxylic acids is 1. The highest BCUT2D eigenvalue weighted by Gasteiger charge is 2.24. The van der Waals surface area contributed by atoms with Crippen molar-refractivity contribution in [1.29, 1.82) is 0 Å². The Hall–Kier alpha value is -3.73. The molecule has 0 spiro atoms. The molecule has 0 aliphatic heterocycles. The quantitative estimate of drug-likeness (QED) is 0.471.